The molecule has 1 fully saturated rings. The second kappa shape index (κ2) is 6.06. The number of rotatable bonds is 4. The number of carbonyl (C=O) groups is 1. The standard InChI is InChI=1S/C18H20ClN3O2/c1-11-12(2)21-22(3)17(24)15(11)16(23)20-10-18(7-8-18)13-5-4-6-14(19)9-13/h4-6,9H,7-8,10H2,1-3H3,(H,20,23). The molecule has 1 amide bonds. The molecule has 6 heteroatoms. The maximum Gasteiger partial charge on any atom is 0.279 e. The summed E-state index contributed by atoms with van der Waals surface area (Å²) in [6.07, 6.45) is 2.00. The topological polar surface area (TPSA) is 64.0 Å². The number of hydrogen-bond donors (Lipinski definition) is 1. The molecule has 3 rings (SSSR count). The lowest BCUT2D eigenvalue weighted by molar-refractivity contribution is 0.0946. The lowest BCUT2D eigenvalue weighted by atomic mass is 9.96. The van der Waals surface area contributed by atoms with Gasteiger partial charge in [0, 0.05) is 24.0 Å². The van der Waals surface area contributed by atoms with E-state index in [-0.39, 0.29) is 22.4 Å². The summed E-state index contributed by atoms with van der Waals surface area (Å²) in [7, 11) is 1.56. The van der Waals surface area contributed by atoms with E-state index in [9.17, 15) is 9.59 Å². The van der Waals surface area contributed by atoms with Crippen molar-refractivity contribution in [3.8, 4) is 0 Å². The van der Waals surface area contributed by atoms with Crippen molar-refractivity contribution in [3.63, 3.8) is 0 Å². The molecule has 1 N–H and O–H groups in total. The van der Waals surface area contributed by atoms with E-state index in [1.165, 1.54) is 4.68 Å². The Labute approximate surface area is 145 Å². The minimum atomic E-state index is -0.372. The largest absolute Gasteiger partial charge is 0.351 e. The molecule has 1 aromatic carbocycles. The molecule has 5 nitrogen and oxygen atoms in total. The second-order valence-electron chi connectivity index (χ2n) is 6.49. The van der Waals surface area contributed by atoms with Crippen LogP contribution in [-0.4, -0.2) is 22.2 Å². The second-order valence-corrected chi connectivity index (χ2v) is 6.92. The highest BCUT2D eigenvalue weighted by Gasteiger charge is 2.44. The number of amides is 1. The van der Waals surface area contributed by atoms with E-state index in [1.54, 1.807) is 20.9 Å². The van der Waals surface area contributed by atoms with Crippen LogP contribution in [0, 0.1) is 13.8 Å². The molecule has 1 aromatic heterocycles. The lowest BCUT2D eigenvalue weighted by Crippen LogP contribution is -2.38. The molecule has 1 heterocycles. The Hall–Kier alpha value is -2.14. The first-order chi connectivity index (χ1) is 11.3. The van der Waals surface area contributed by atoms with Gasteiger partial charge in [-0.25, -0.2) is 4.68 Å². The monoisotopic (exact) mass is 345 g/mol. The quantitative estimate of drug-likeness (QED) is 0.926. The zero-order valence-electron chi connectivity index (χ0n) is 14.0. The summed E-state index contributed by atoms with van der Waals surface area (Å²) in [5, 5.41) is 7.73. The molecule has 1 saturated carbocycles. The van der Waals surface area contributed by atoms with Crippen LogP contribution < -0.4 is 10.9 Å². The van der Waals surface area contributed by atoms with Crippen molar-refractivity contribution in [2.75, 3.05) is 6.54 Å². The number of aryl methyl sites for hydroxylation is 2. The summed E-state index contributed by atoms with van der Waals surface area (Å²) in [6, 6.07) is 7.74. The van der Waals surface area contributed by atoms with Gasteiger partial charge in [-0.15, -0.1) is 0 Å². The summed E-state index contributed by atoms with van der Waals surface area (Å²) in [5.41, 5.74) is 2.17. The number of nitrogens with zero attached hydrogens (tertiary/aromatic N) is 2. The van der Waals surface area contributed by atoms with Crippen LogP contribution in [0.4, 0.5) is 0 Å². The van der Waals surface area contributed by atoms with Gasteiger partial charge in [0.2, 0.25) is 0 Å². The van der Waals surface area contributed by atoms with Crippen LogP contribution in [0.1, 0.15) is 40.0 Å². The van der Waals surface area contributed by atoms with Crippen LogP contribution >= 0.6 is 11.6 Å². The molecule has 126 valence electrons. The molecular weight excluding hydrogens is 326 g/mol. The summed E-state index contributed by atoms with van der Waals surface area (Å²) in [6.45, 7) is 4.04. The first-order valence-electron chi connectivity index (χ1n) is 7.93. The van der Waals surface area contributed by atoms with Crippen molar-refractivity contribution < 1.29 is 4.79 Å². The van der Waals surface area contributed by atoms with E-state index in [2.05, 4.69) is 10.4 Å². The minimum Gasteiger partial charge on any atom is -0.351 e. The van der Waals surface area contributed by atoms with Crippen LogP contribution in [0.25, 0.3) is 0 Å². The van der Waals surface area contributed by atoms with Gasteiger partial charge in [-0.1, -0.05) is 23.7 Å². The SMILES string of the molecule is Cc1nn(C)c(=O)c(C(=O)NCC2(c3cccc(Cl)c3)CC2)c1C. The Morgan fingerprint density at radius 3 is 2.71 bits per heavy atom. The summed E-state index contributed by atoms with van der Waals surface area (Å²) < 4.78 is 1.21. The highest BCUT2D eigenvalue weighted by molar-refractivity contribution is 6.30. The molecule has 0 atom stereocenters. The Bertz CT molecular complexity index is 869. The maximum absolute atomic E-state index is 12.6. The Morgan fingerprint density at radius 2 is 2.08 bits per heavy atom. The van der Waals surface area contributed by atoms with Crippen LogP contribution in [0.2, 0.25) is 5.02 Å². The number of aromatic nitrogens is 2. The predicted octanol–water partition coefficient (Wildman–Crippen LogP) is 2.51. The Kier molecular flexibility index (Phi) is 4.22. The molecular formula is C18H20ClN3O2. The van der Waals surface area contributed by atoms with Gasteiger partial charge in [-0.2, -0.15) is 5.10 Å². The average molecular weight is 346 g/mol. The highest BCUT2D eigenvalue weighted by atomic mass is 35.5. The number of halogens is 1. The normalized spacial score (nSPS) is 15.2. The van der Waals surface area contributed by atoms with Crippen molar-refractivity contribution in [2.24, 2.45) is 7.05 Å². The molecule has 0 radical (unpaired) electrons. The fourth-order valence-corrected chi connectivity index (χ4v) is 3.18. The zero-order valence-corrected chi connectivity index (χ0v) is 14.8. The van der Waals surface area contributed by atoms with Gasteiger partial charge >= 0.3 is 0 Å². The van der Waals surface area contributed by atoms with Gasteiger partial charge in [0.15, 0.2) is 0 Å². The van der Waals surface area contributed by atoms with Crippen molar-refractivity contribution >= 4 is 17.5 Å². The Morgan fingerprint density at radius 1 is 1.38 bits per heavy atom. The lowest BCUT2D eigenvalue weighted by Gasteiger charge is -2.17. The average Bonchev–Trinajstić information content (AvgIpc) is 3.33. The van der Waals surface area contributed by atoms with Gasteiger partial charge in [0.25, 0.3) is 11.5 Å². The van der Waals surface area contributed by atoms with Gasteiger partial charge in [0.05, 0.1) is 5.69 Å². The van der Waals surface area contributed by atoms with E-state index in [4.69, 9.17) is 11.6 Å². The van der Waals surface area contributed by atoms with E-state index in [1.807, 2.05) is 24.3 Å². The molecule has 24 heavy (non-hydrogen) atoms. The van der Waals surface area contributed by atoms with Crippen LogP contribution in [-0.2, 0) is 12.5 Å². The third kappa shape index (κ3) is 2.96. The molecule has 0 aliphatic heterocycles. The van der Waals surface area contributed by atoms with E-state index < -0.39 is 0 Å². The molecule has 2 aromatic rings. The molecule has 0 spiro atoms. The summed E-state index contributed by atoms with van der Waals surface area (Å²) in [4.78, 5) is 24.8. The molecule has 1 aliphatic carbocycles. The number of nitrogens with one attached hydrogen (secondary N) is 1. The van der Waals surface area contributed by atoms with E-state index >= 15 is 0 Å². The molecule has 0 saturated heterocycles. The van der Waals surface area contributed by atoms with Gasteiger partial charge < -0.3 is 5.32 Å². The molecule has 0 unspecified atom stereocenters. The Balaban J connectivity index is 1.81. The van der Waals surface area contributed by atoms with Gasteiger partial charge in [-0.05, 0) is 49.9 Å². The zero-order chi connectivity index (χ0) is 17.5. The summed E-state index contributed by atoms with van der Waals surface area (Å²) in [5.74, 6) is -0.341. The van der Waals surface area contributed by atoms with Crippen LogP contribution in [0.3, 0.4) is 0 Å². The predicted molar refractivity (Wildman–Crippen MR) is 93.6 cm³/mol. The summed E-state index contributed by atoms with van der Waals surface area (Å²) >= 11 is 6.08. The number of carbonyl (C=O) groups excluding carboxylic acids is 1. The highest BCUT2D eigenvalue weighted by Crippen LogP contribution is 2.48. The molecule has 1 aliphatic rings. The fourth-order valence-electron chi connectivity index (χ4n) is 2.99. The molecule has 0 bridgehead atoms. The first-order valence-corrected chi connectivity index (χ1v) is 8.31. The van der Waals surface area contributed by atoms with Gasteiger partial charge in [0.1, 0.15) is 5.56 Å². The number of benzene rings is 1. The van der Waals surface area contributed by atoms with E-state index in [0.29, 0.717) is 22.8 Å². The van der Waals surface area contributed by atoms with Crippen molar-refractivity contribution in [3.05, 3.63) is 62.0 Å². The van der Waals surface area contributed by atoms with Gasteiger partial charge in [-0.3, -0.25) is 9.59 Å². The third-order valence-corrected chi connectivity index (χ3v) is 5.07. The van der Waals surface area contributed by atoms with Crippen molar-refractivity contribution in [2.45, 2.75) is 32.1 Å². The minimum absolute atomic E-state index is 0.0677. The fraction of sp³-hybridized carbons (Fsp3) is 0.389. The van der Waals surface area contributed by atoms with E-state index in [0.717, 1.165) is 18.4 Å². The number of hydrogen-bond acceptors (Lipinski definition) is 3. The smallest absolute Gasteiger partial charge is 0.279 e. The first kappa shape index (κ1) is 16.7. The third-order valence-electron chi connectivity index (χ3n) is 4.83. The van der Waals surface area contributed by atoms with Crippen LogP contribution in [0.5, 0.6) is 0 Å². The maximum atomic E-state index is 12.6. The van der Waals surface area contributed by atoms with Crippen molar-refractivity contribution in [1.82, 2.24) is 15.1 Å². The van der Waals surface area contributed by atoms with Crippen LogP contribution in [0.15, 0.2) is 29.1 Å². The van der Waals surface area contributed by atoms with Crippen molar-refractivity contribution in [1.29, 1.82) is 0 Å².